The van der Waals surface area contributed by atoms with Crippen molar-refractivity contribution in [1.29, 1.82) is 0 Å². The highest BCUT2D eigenvalue weighted by molar-refractivity contribution is 9.10. The number of hydrogen-bond acceptors (Lipinski definition) is 3. The maximum atomic E-state index is 12.7. The molecule has 1 N–H and O–H groups in total. The lowest BCUT2D eigenvalue weighted by atomic mass is 10.1. The zero-order valence-corrected chi connectivity index (χ0v) is 14.7. The van der Waals surface area contributed by atoms with Crippen LogP contribution in [0.25, 0.3) is 0 Å². The minimum absolute atomic E-state index is 0.0939. The van der Waals surface area contributed by atoms with Crippen LogP contribution in [0.1, 0.15) is 13.3 Å². The normalized spacial score (nSPS) is 16.8. The molecule has 1 atom stereocenters. The molecule has 0 spiro atoms. The first-order chi connectivity index (χ1) is 11.5. The summed E-state index contributed by atoms with van der Waals surface area (Å²) in [4.78, 5) is 26.3. The number of anilines is 2. The second-order valence-corrected chi connectivity index (χ2v) is 6.54. The van der Waals surface area contributed by atoms with Gasteiger partial charge < -0.3 is 15.0 Å². The first-order valence-corrected chi connectivity index (χ1v) is 8.43. The molecular formula is C18H17BrN2O3. The molecule has 2 aromatic rings. The SMILES string of the molecule is C[C@@H]1CC(=O)Nc2ccccc2N1C(=O)COc1cccc(Br)c1. The van der Waals surface area contributed by atoms with E-state index >= 15 is 0 Å². The molecule has 124 valence electrons. The van der Waals surface area contributed by atoms with Crippen LogP contribution in [-0.4, -0.2) is 24.5 Å². The van der Waals surface area contributed by atoms with Gasteiger partial charge in [0.2, 0.25) is 5.91 Å². The maximum absolute atomic E-state index is 12.7. The molecular weight excluding hydrogens is 372 g/mol. The van der Waals surface area contributed by atoms with Gasteiger partial charge in [0.25, 0.3) is 5.91 Å². The van der Waals surface area contributed by atoms with Gasteiger partial charge in [-0.3, -0.25) is 9.59 Å². The Morgan fingerprint density at radius 2 is 2.08 bits per heavy atom. The van der Waals surface area contributed by atoms with Crippen molar-refractivity contribution in [2.75, 3.05) is 16.8 Å². The Balaban J connectivity index is 1.81. The zero-order valence-electron chi connectivity index (χ0n) is 13.2. The summed E-state index contributed by atoms with van der Waals surface area (Å²) in [7, 11) is 0. The topological polar surface area (TPSA) is 58.6 Å². The third-order valence-corrected chi connectivity index (χ3v) is 4.28. The van der Waals surface area contributed by atoms with E-state index in [2.05, 4.69) is 21.2 Å². The largest absolute Gasteiger partial charge is 0.484 e. The summed E-state index contributed by atoms with van der Waals surface area (Å²) in [5.41, 5.74) is 1.33. The number of ether oxygens (including phenoxy) is 1. The smallest absolute Gasteiger partial charge is 0.265 e. The predicted molar refractivity (Wildman–Crippen MR) is 96.3 cm³/mol. The number of rotatable bonds is 3. The molecule has 6 heteroatoms. The van der Waals surface area contributed by atoms with Crippen LogP contribution in [0.4, 0.5) is 11.4 Å². The average molecular weight is 389 g/mol. The second-order valence-electron chi connectivity index (χ2n) is 5.63. The van der Waals surface area contributed by atoms with Crippen molar-refractivity contribution in [1.82, 2.24) is 0 Å². The van der Waals surface area contributed by atoms with Crippen LogP contribution in [-0.2, 0) is 9.59 Å². The van der Waals surface area contributed by atoms with Gasteiger partial charge in [0.15, 0.2) is 6.61 Å². The molecule has 0 bridgehead atoms. The summed E-state index contributed by atoms with van der Waals surface area (Å²) >= 11 is 3.37. The van der Waals surface area contributed by atoms with E-state index in [1.54, 1.807) is 23.1 Å². The molecule has 2 aromatic carbocycles. The molecule has 2 amide bonds. The zero-order chi connectivity index (χ0) is 17.1. The maximum Gasteiger partial charge on any atom is 0.265 e. The number of fused-ring (bicyclic) bond motifs is 1. The monoisotopic (exact) mass is 388 g/mol. The number of nitrogens with one attached hydrogen (secondary N) is 1. The molecule has 0 aliphatic carbocycles. The molecule has 24 heavy (non-hydrogen) atoms. The Morgan fingerprint density at radius 3 is 2.88 bits per heavy atom. The fourth-order valence-corrected chi connectivity index (χ4v) is 3.12. The van der Waals surface area contributed by atoms with Gasteiger partial charge in [-0.15, -0.1) is 0 Å². The van der Waals surface area contributed by atoms with Crippen LogP contribution in [0.5, 0.6) is 5.75 Å². The number of amides is 2. The summed E-state index contributed by atoms with van der Waals surface area (Å²) in [6, 6.07) is 14.4. The summed E-state index contributed by atoms with van der Waals surface area (Å²) < 4.78 is 6.49. The fourth-order valence-electron chi connectivity index (χ4n) is 2.74. The Labute approximate surface area is 148 Å². The molecule has 0 fully saturated rings. The van der Waals surface area contributed by atoms with E-state index in [0.717, 1.165) is 4.47 Å². The Bertz CT molecular complexity index is 778. The highest BCUT2D eigenvalue weighted by Gasteiger charge is 2.29. The van der Waals surface area contributed by atoms with Crippen molar-refractivity contribution in [3.63, 3.8) is 0 Å². The van der Waals surface area contributed by atoms with Gasteiger partial charge in [-0.25, -0.2) is 0 Å². The first kappa shape index (κ1) is 16.5. The van der Waals surface area contributed by atoms with Gasteiger partial charge in [-0.2, -0.15) is 0 Å². The van der Waals surface area contributed by atoms with E-state index < -0.39 is 0 Å². The van der Waals surface area contributed by atoms with Crippen LogP contribution in [0.3, 0.4) is 0 Å². The molecule has 0 aromatic heterocycles. The first-order valence-electron chi connectivity index (χ1n) is 7.64. The molecule has 1 heterocycles. The van der Waals surface area contributed by atoms with Gasteiger partial charge >= 0.3 is 0 Å². The summed E-state index contributed by atoms with van der Waals surface area (Å²) in [5.74, 6) is 0.326. The van der Waals surface area contributed by atoms with Crippen LogP contribution in [0.15, 0.2) is 53.0 Å². The minimum Gasteiger partial charge on any atom is -0.484 e. The van der Waals surface area contributed by atoms with Crippen molar-refractivity contribution < 1.29 is 14.3 Å². The number of carbonyl (C=O) groups excluding carboxylic acids is 2. The molecule has 3 rings (SSSR count). The molecule has 1 aliphatic heterocycles. The second kappa shape index (κ2) is 7.05. The summed E-state index contributed by atoms with van der Waals surface area (Å²) in [6.07, 6.45) is 0.247. The molecule has 0 saturated heterocycles. The van der Waals surface area contributed by atoms with Crippen molar-refractivity contribution in [2.24, 2.45) is 0 Å². The summed E-state index contributed by atoms with van der Waals surface area (Å²) in [6.45, 7) is 1.77. The van der Waals surface area contributed by atoms with Gasteiger partial charge in [-0.1, -0.05) is 34.1 Å². The Morgan fingerprint density at radius 1 is 1.29 bits per heavy atom. The number of nitrogens with zero attached hydrogens (tertiary/aromatic N) is 1. The van der Waals surface area contributed by atoms with Gasteiger partial charge in [-0.05, 0) is 37.3 Å². The van der Waals surface area contributed by atoms with Crippen molar-refractivity contribution in [3.8, 4) is 5.75 Å². The highest BCUT2D eigenvalue weighted by Crippen LogP contribution is 2.31. The van der Waals surface area contributed by atoms with E-state index in [4.69, 9.17) is 4.74 Å². The predicted octanol–water partition coefficient (Wildman–Crippen LogP) is 3.59. The average Bonchev–Trinajstić information content (AvgIpc) is 2.67. The number of carbonyl (C=O) groups is 2. The van der Waals surface area contributed by atoms with E-state index in [1.807, 2.05) is 37.3 Å². The Kier molecular flexibility index (Phi) is 4.85. The lowest BCUT2D eigenvalue weighted by Gasteiger charge is -2.27. The molecule has 0 radical (unpaired) electrons. The molecule has 5 nitrogen and oxygen atoms in total. The minimum atomic E-state index is -0.243. The third-order valence-electron chi connectivity index (χ3n) is 3.79. The van der Waals surface area contributed by atoms with Gasteiger partial charge in [0.1, 0.15) is 5.75 Å². The van der Waals surface area contributed by atoms with Gasteiger partial charge in [0.05, 0.1) is 11.4 Å². The fraction of sp³-hybridized carbons (Fsp3) is 0.222. The van der Waals surface area contributed by atoms with Gasteiger partial charge in [0, 0.05) is 16.9 Å². The highest BCUT2D eigenvalue weighted by atomic mass is 79.9. The molecule has 1 aliphatic rings. The van der Waals surface area contributed by atoms with Crippen LogP contribution in [0, 0.1) is 0 Å². The van der Waals surface area contributed by atoms with E-state index in [0.29, 0.717) is 17.1 Å². The number of para-hydroxylation sites is 2. The van der Waals surface area contributed by atoms with Crippen LogP contribution in [0.2, 0.25) is 0 Å². The molecule has 0 saturated carbocycles. The number of halogens is 1. The summed E-state index contributed by atoms with van der Waals surface area (Å²) in [5, 5.41) is 2.84. The third kappa shape index (κ3) is 3.59. The van der Waals surface area contributed by atoms with Crippen molar-refractivity contribution in [3.05, 3.63) is 53.0 Å². The lowest BCUT2D eigenvalue weighted by molar-refractivity contribution is -0.121. The quantitative estimate of drug-likeness (QED) is 0.873. The lowest BCUT2D eigenvalue weighted by Crippen LogP contribution is -2.41. The van der Waals surface area contributed by atoms with E-state index in [9.17, 15) is 9.59 Å². The number of benzene rings is 2. The van der Waals surface area contributed by atoms with Crippen molar-refractivity contribution >= 4 is 39.1 Å². The van der Waals surface area contributed by atoms with Crippen LogP contribution >= 0.6 is 15.9 Å². The number of hydrogen-bond donors (Lipinski definition) is 1. The Hall–Kier alpha value is -2.34. The van der Waals surface area contributed by atoms with Crippen molar-refractivity contribution in [2.45, 2.75) is 19.4 Å². The standard InChI is InChI=1S/C18H17BrN2O3/c1-12-9-17(22)20-15-7-2-3-8-16(15)21(12)18(23)11-24-14-6-4-5-13(19)10-14/h2-8,10,12H,9,11H2,1H3,(H,20,22)/t12-/m1/s1. The van der Waals surface area contributed by atoms with Crippen LogP contribution < -0.4 is 15.0 Å². The van der Waals surface area contributed by atoms with E-state index in [1.165, 1.54) is 0 Å². The van der Waals surface area contributed by atoms with E-state index in [-0.39, 0.29) is 30.9 Å². The molecule has 0 unspecified atom stereocenters.